The van der Waals surface area contributed by atoms with Gasteiger partial charge in [-0.25, -0.2) is 0 Å². The van der Waals surface area contributed by atoms with Gasteiger partial charge in [-0.2, -0.15) is 0 Å². The van der Waals surface area contributed by atoms with Gasteiger partial charge in [0.1, 0.15) is 5.58 Å². The van der Waals surface area contributed by atoms with Crippen LogP contribution in [0.4, 0.5) is 17.1 Å². The number of benzene rings is 7. The van der Waals surface area contributed by atoms with E-state index >= 15 is 0 Å². The zero-order valence-electron chi connectivity index (χ0n) is 26.1. The molecule has 0 bridgehead atoms. The van der Waals surface area contributed by atoms with Crippen LogP contribution in [0.3, 0.4) is 0 Å². The lowest BCUT2D eigenvalue weighted by atomic mass is 9.98. The van der Waals surface area contributed by atoms with Gasteiger partial charge in [-0.1, -0.05) is 127 Å². The molecule has 0 unspecified atom stereocenters. The minimum absolute atomic E-state index is 0.800. The summed E-state index contributed by atoms with van der Waals surface area (Å²) < 4.78 is 6.30. The van der Waals surface area contributed by atoms with E-state index in [4.69, 9.17) is 4.42 Å². The highest BCUT2D eigenvalue weighted by molar-refractivity contribution is 6.09. The van der Waals surface area contributed by atoms with Crippen molar-refractivity contribution in [1.82, 2.24) is 4.98 Å². The Bertz CT molecular complexity index is 2530. The molecule has 0 spiro atoms. The lowest BCUT2D eigenvalue weighted by molar-refractivity contribution is 0.668. The number of rotatable bonds is 6. The lowest BCUT2D eigenvalue weighted by Gasteiger charge is -2.26. The molecule has 7 aromatic carbocycles. The van der Waals surface area contributed by atoms with Crippen LogP contribution >= 0.6 is 0 Å². The van der Waals surface area contributed by atoms with Crippen LogP contribution in [-0.2, 0) is 0 Å². The van der Waals surface area contributed by atoms with Crippen LogP contribution in [0.5, 0.6) is 0 Å². The molecular weight excluding hydrogens is 585 g/mol. The molecular formula is C45H30N2O. The zero-order chi connectivity index (χ0) is 31.9. The van der Waals surface area contributed by atoms with Crippen molar-refractivity contribution in [2.75, 3.05) is 4.90 Å². The summed E-state index contributed by atoms with van der Waals surface area (Å²) in [6.07, 6.45) is 3.60. The first-order valence-electron chi connectivity index (χ1n) is 16.2. The molecule has 226 valence electrons. The van der Waals surface area contributed by atoms with Gasteiger partial charge in [0.15, 0.2) is 5.58 Å². The number of fused-ring (bicyclic) bond motifs is 4. The van der Waals surface area contributed by atoms with Gasteiger partial charge in [0.05, 0.1) is 6.20 Å². The number of anilines is 3. The maximum atomic E-state index is 6.30. The second-order valence-electron chi connectivity index (χ2n) is 12.0. The summed E-state index contributed by atoms with van der Waals surface area (Å²) in [5.74, 6) is 0. The monoisotopic (exact) mass is 614 g/mol. The van der Waals surface area contributed by atoms with Crippen LogP contribution in [0.15, 0.2) is 187 Å². The second kappa shape index (κ2) is 11.7. The summed E-state index contributed by atoms with van der Waals surface area (Å²) in [7, 11) is 0. The van der Waals surface area contributed by atoms with E-state index in [-0.39, 0.29) is 0 Å². The fourth-order valence-corrected chi connectivity index (χ4v) is 6.82. The summed E-state index contributed by atoms with van der Waals surface area (Å²) >= 11 is 0. The van der Waals surface area contributed by atoms with E-state index in [1.165, 1.54) is 33.0 Å². The average Bonchev–Trinajstić information content (AvgIpc) is 3.55. The van der Waals surface area contributed by atoms with Gasteiger partial charge in [0, 0.05) is 39.6 Å². The van der Waals surface area contributed by atoms with E-state index in [1.54, 1.807) is 6.20 Å². The molecule has 0 aliphatic carbocycles. The highest BCUT2D eigenvalue weighted by atomic mass is 16.3. The van der Waals surface area contributed by atoms with Crippen LogP contribution in [0.1, 0.15) is 0 Å². The number of nitrogens with zero attached hydrogens (tertiary/aromatic N) is 2. The Morgan fingerprint density at radius 1 is 0.396 bits per heavy atom. The van der Waals surface area contributed by atoms with Gasteiger partial charge in [-0.3, -0.25) is 4.98 Å². The molecule has 0 amide bonds. The highest BCUT2D eigenvalue weighted by Gasteiger charge is 2.16. The molecule has 9 rings (SSSR count). The predicted molar refractivity (Wildman–Crippen MR) is 200 cm³/mol. The number of aromatic nitrogens is 1. The molecule has 48 heavy (non-hydrogen) atoms. The van der Waals surface area contributed by atoms with Crippen LogP contribution in [0.2, 0.25) is 0 Å². The van der Waals surface area contributed by atoms with Crippen molar-refractivity contribution in [2.24, 2.45) is 0 Å². The number of pyridine rings is 1. The first kappa shape index (κ1) is 27.8. The van der Waals surface area contributed by atoms with Crippen LogP contribution in [0.25, 0.3) is 66.1 Å². The van der Waals surface area contributed by atoms with Gasteiger partial charge in [-0.05, 0) is 81.1 Å². The quantitative estimate of drug-likeness (QED) is 0.187. The summed E-state index contributed by atoms with van der Waals surface area (Å²) in [4.78, 5) is 6.58. The average molecular weight is 615 g/mol. The van der Waals surface area contributed by atoms with Crippen LogP contribution < -0.4 is 4.90 Å². The Kier molecular flexibility index (Phi) is 6.80. The Morgan fingerprint density at radius 2 is 0.938 bits per heavy atom. The number of hydrogen-bond donors (Lipinski definition) is 0. The SMILES string of the molecule is c1ccc(-c2ccc(N(c3ccc(-c4cccc5ccccc45)cc3)c3ccc(-c4cccc5c4oc4cnccc45)cc3)cc2)cc1. The van der Waals surface area contributed by atoms with Crippen molar-refractivity contribution in [1.29, 1.82) is 0 Å². The maximum Gasteiger partial charge on any atom is 0.153 e. The van der Waals surface area contributed by atoms with Crippen molar-refractivity contribution >= 4 is 49.8 Å². The summed E-state index contributed by atoms with van der Waals surface area (Å²) in [5, 5.41) is 4.68. The Labute approximate surface area is 279 Å². The van der Waals surface area contributed by atoms with E-state index in [2.05, 4.69) is 174 Å². The molecule has 2 heterocycles. The molecule has 2 aromatic heterocycles. The minimum Gasteiger partial charge on any atom is -0.454 e. The van der Waals surface area contributed by atoms with Crippen LogP contribution in [0, 0.1) is 0 Å². The summed E-state index contributed by atoms with van der Waals surface area (Å²) in [5.41, 5.74) is 11.9. The van der Waals surface area contributed by atoms with Gasteiger partial charge < -0.3 is 9.32 Å². The molecule has 0 aliphatic heterocycles. The number of hydrogen-bond acceptors (Lipinski definition) is 3. The number of furan rings is 1. The van der Waals surface area contributed by atoms with Gasteiger partial charge in [0.25, 0.3) is 0 Å². The van der Waals surface area contributed by atoms with E-state index < -0.39 is 0 Å². The Hall–Kier alpha value is -6.45. The third kappa shape index (κ3) is 4.90. The molecule has 0 atom stereocenters. The van der Waals surface area contributed by atoms with E-state index in [9.17, 15) is 0 Å². The maximum absolute atomic E-state index is 6.30. The smallest absolute Gasteiger partial charge is 0.153 e. The summed E-state index contributed by atoms with van der Waals surface area (Å²) in [6, 6.07) is 60.4. The lowest BCUT2D eigenvalue weighted by Crippen LogP contribution is -2.09. The molecule has 0 radical (unpaired) electrons. The van der Waals surface area contributed by atoms with Crippen molar-refractivity contribution < 1.29 is 4.42 Å². The Morgan fingerprint density at radius 3 is 1.67 bits per heavy atom. The normalized spacial score (nSPS) is 11.3. The molecule has 0 aliphatic rings. The van der Waals surface area contributed by atoms with E-state index in [1.807, 2.05) is 12.3 Å². The second-order valence-corrected chi connectivity index (χ2v) is 12.0. The van der Waals surface area contributed by atoms with Crippen molar-refractivity contribution in [3.63, 3.8) is 0 Å². The van der Waals surface area contributed by atoms with Gasteiger partial charge in [0.2, 0.25) is 0 Å². The molecule has 9 aromatic rings. The first-order chi connectivity index (χ1) is 23.8. The van der Waals surface area contributed by atoms with Crippen molar-refractivity contribution in [2.45, 2.75) is 0 Å². The zero-order valence-corrected chi connectivity index (χ0v) is 26.1. The number of para-hydroxylation sites is 1. The van der Waals surface area contributed by atoms with E-state index in [0.29, 0.717) is 0 Å². The molecule has 0 saturated heterocycles. The first-order valence-corrected chi connectivity index (χ1v) is 16.2. The summed E-state index contributed by atoms with van der Waals surface area (Å²) in [6.45, 7) is 0. The predicted octanol–water partition coefficient (Wildman–Crippen LogP) is 12.6. The molecule has 0 saturated carbocycles. The molecule has 3 nitrogen and oxygen atoms in total. The van der Waals surface area contributed by atoms with E-state index in [0.717, 1.165) is 50.1 Å². The van der Waals surface area contributed by atoms with Crippen molar-refractivity contribution in [3.05, 3.63) is 182 Å². The molecule has 0 fully saturated rings. The highest BCUT2D eigenvalue weighted by Crippen LogP contribution is 2.40. The third-order valence-electron chi connectivity index (χ3n) is 9.20. The fourth-order valence-electron chi connectivity index (χ4n) is 6.82. The fraction of sp³-hybridized carbons (Fsp3) is 0. The molecule has 3 heteroatoms. The largest absolute Gasteiger partial charge is 0.454 e. The third-order valence-corrected chi connectivity index (χ3v) is 9.20. The van der Waals surface area contributed by atoms with Gasteiger partial charge >= 0.3 is 0 Å². The van der Waals surface area contributed by atoms with Crippen LogP contribution in [-0.4, -0.2) is 4.98 Å². The van der Waals surface area contributed by atoms with Crippen molar-refractivity contribution in [3.8, 4) is 33.4 Å². The van der Waals surface area contributed by atoms with Gasteiger partial charge in [-0.15, -0.1) is 0 Å². The standard InChI is InChI=1S/C45H30N2O/c1-2-8-31(9-3-1)32-16-22-36(23-17-32)47(37-24-18-34(19-25-37)40-13-6-11-33-10-4-5-12-39(33)40)38-26-20-35(21-27-38)41-14-7-15-43-42-28-29-46-30-44(42)48-45(41)43/h1-30H. The Balaban J connectivity index is 1.12. The minimum atomic E-state index is 0.800. The topological polar surface area (TPSA) is 29.3 Å². The molecule has 0 N–H and O–H groups in total.